The number of aromatic nitrogens is 2. The largest absolute Gasteiger partial charge is 0.379 e. The van der Waals surface area contributed by atoms with Crippen molar-refractivity contribution in [1.29, 1.82) is 0 Å². The zero-order chi connectivity index (χ0) is 28.4. The topological polar surface area (TPSA) is 79.7 Å². The Morgan fingerprint density at radius 3 is 2.71 bits per heavy atom. The van der Waals surface area contributed by atoms with Crippen molar-refractivity contribution in [3.05, 3.63) is 74.9 Å². The molecule has 3 aromatic rings. The van der Waals surface area contributed by atoms with Crippen molar-refractivity contribution in [2.45, 2.75) is 38.9 Å². The number of rotatable bonds is 6. The molecule has 1 N–H and O–H groups in total. The van der Waals surface area contributed by atoms with Crippen molar-refractivity contribution < 1.29 is 13.2 Å². The SMILES string of the molecule is CS(=O)(=O)N1CCc2c(c(-c3ccc(Cl)c(C#Cc4ccc5c(c4)CCNC5)c3)nn2CCCN2CCOCC2)C1. The summed E-state index contributed by atoms with van der Waals surface area (Å²) in [5.41, 5.74) is 8.17. The van der Waals surface area contributed by atoms with E-state index >= 15 is 0 Å². The first-order valence-electron chi connectivity index (χ1n) is 14.3. The molecule has 1 fully saturated rings. The van der Waals surface area contributed by atoms with Gasteiger partial charge >= 0.3 is 0 Å². The fraction of sp³-hybridized carbons (Fsp3) is 0.452. The van der Waals surface area contributed by atoms with Crippen LogP contribution >= 0.6 is 11.6 Å². The van der Waals surface area contributed by atoms with Crippen LogP contribution in [0.2, 0.25) is 5.02 Å². The number of morpholine rings is 1. The molecule has 8 nitrogen and oxygen atoms in total. The fourth-order valence-corrected chi connectivity index (χ4v) is 6.85. The Morgan fingerprint density at radius 1 is 1.02 bits per heavy atom. The third-order valence-electron chi connectivity index (χ3n) is 8.19. The molecule has 0 radical (unpaired) electrons. The van der Waals surface area contributed by atoms with Gasteiger partial charge in [0.05, 0.1) is 30.2 Å². The van der Waals surface area contributed by atoms with Crippen LogP contribution in [-0.2, 0) is 47.2 Å². The highest BCUT2D eigenvalue weighted by atomic mass is 35.5. The lowest BCUT2D eigenvalue weighted by molar-refractivity contribution is 0.0368. The smallest absolute Gasteiger partial charge is 0.211 e. The van der Waals surface area contributed by atoms with Gasteiger partial charge in [0.1, 0.15) is 0 Å². The molecule has 1 aromatic heterocycles. The summed E-state index contributed by atoms with van der Waals surface area (Å²) in [6.45, 7) is 7.94. The Hall–Kier alpha value is -2.71. The number of nitrogens with one attached hydrogen (secondary N) is 1. The number of ether oxygens (including phenoxy) is 1. The molecule has 4 heterocycles. The predicted octanol–water partition coefficient (Wildman–Crippen LogP) is 3.29. The van der Waals surface area contributed by atoms with Crippen molar-refractivity contribution in [1.82, 2.24) is 24.3 Å². The van der Waals surface area contributed by atoms with Crippen molar-refractivity contribution in [2.75, 3.05) is 52.2 Å². The lowest BCUT2D eigenvalue weighted by Gasteiger charge is -2.27. The summed E-state index contributed by atoms with van der Waals surface area (Å²) in [6, 6.07) is 12.2. The van der Waals surface area contributed by atoms with E-state index in [1.54, 1.807) is 4.31 Å². The van der Waals surface area contributed by atoms with Crippen LogP contribution < -0.4 is 5.32 Å². The summed E-state index contributed by atoms with van der Waals surface area (Å²) in [6.07, 6.45) is 3.89. The second-order valence-corrected chi connectivity index (χ2v) is 13.4. The summed E-state index contributed by atoms with van der Waals surface area (Å²) < 4.78 is 34.0. The maximum Gasteiger partial charge on any atom is 0.211 e. The molecule has 0 aliphatic carbocycles. The standard InChI is InChI=1S/C31H36ClN5O3S/c1-41(38,39)36-14-10-30-28(22-36)31(34-37(30)13-2-12-35-15-17-40-18-16-35)26-7-8-29(32)25(20-26)5-3-23-4-6-27-21-33-11-9-24(27)19-23/h4,6-8,19-20,33H,2,9-18,21-22H2,1H3. The Bertz CT molecular complexity index is 1600. The minimum atomic E-state index is -3.32. The van der Waals surface area contributed by atoms with E-state index in [1.165, 1.54) is 17.4 Å². The maximum absolute atomic E-state index is 12.4. The molecule has 0 atom stereocenters. The van der Waals surface area contributed by atoms with Crippen LogP contribution in [0.4, 0.5) is 0 Å². The predicted molar refractivity (Wildman–Crippen MR) is 161 cm³/mol. The van der Waals surface area contributed by atoms with E-state index in [9.17, 15) is 8.42 Å². The molecule has 0 bridgehead atoms. The van der Waals surface area contributed by atoms with Crippen molar-refractivity contribution in [3.63, 3.8) is 0 Å². The minimum absolute atomic E-state index is 0.320. The number of sulfonamides is 1. The lowest BCUT2D eigenvalue weighted by atomic mass is 9.98. The first-order chi connectivity index (χ1) is 19.8. The molecule has 2 aromatic carbocycles. The molecular weight excluding hydrogens is 558 g/mol. The van der Waals surface area contributed by atoms with Gasteiger partial charge in [-0.3, -0.25) is 9.58 Å². The molecule has 0 amide bonds. The van der Waals surface area contributed by atoms with E-state index in [0.717, 1.165) is 99.0 Å². The first-order valence-corrected chi connectivity index (χ1v) is 16.6. The van der Waals surface area contributed by atoms with Gasteiger partial charge in [-0.2, -0.15) is 9.40 Å². The molecule has 10 heteroatoms. The lowest BCUT2D eigenvalue weighted by Crippen LogP contribution is -2.37. The Morgan fingerprint density at radius 2 is 1.88 bits per heavy atom. The van der Waals surface area contributed by atoms with Crippen LogP contribution in [0.5, 0.6) is 0 Å². The minimum Gasteiger partial charge on any atom is -0.379 e. The number of fused-ring (bicyclic) bond motifs is 2. The molecule has 3 aliphatic heterocycles. The normalized spacial score (nSPS) is 17.9. The van der Waals surface area contributed by atoms with E-state index in [4.69, 9.17) is 21.4 Å². The number of nitrogens with zero attached hydrogens (tertiary/aromatic N) is 4. The number of benzene rings is 2. The molecule has 1 saturated heterocycles. The molecule has 41 heavy (non-hydrogen) atoms. The first kappa shape index (κ1) is 28.4. The number of hydrogen-bond acceptors (Lipinski definition) is 6. The summed E-state index contributed by atoms with van der Waals surface area (Å²) in [7, 11) is -3.32. The van der Waals surface area contributed by atoms with Gasteiger partial charge in [0.15, 0.2) is 0 Å². The van der Waals surface area contributed by atoms with Gasteiger partial charge in [0, 0.05) is 80.2 Å². The molecule has 216 valence electrons. The van der Waals surface area contributed by atoms with Gasteiger partial charge in [-0.25, -0.2) is 8.42 Å². The number of halogens is 1. The Balaban J connectivity index is 1.29. The molecule has 3 aliphatic rings. The fourth-order valence-electron chi connectivity index (χ4n) is 5.90. The van der Waals surface area contributed by atoms with Gasteiger partial charge < -0.3 is 10.1 Å². The van der Waals surface area contributed by atoms with Crippen LogP contribution in [0.3, 0.4) is 0 Å². The quantitative estimate of drug-likeness (QED) is 0.442. The second kappa shape index (κ2) is 12.3. The van der Waals surface area contributed by atoms with Crippen LogP contribution in [-0.4, -0.2) is 79.6 Å². The van der Waals surface area contributed by atoms with Crippen molar-refractivity contribution in [3.8, 4) is 23.1 Å². The van der Waals surface area contributed by atoms with E-state index in [0.29, 0.717) is 24.5 Å². The summed E-state index contributed by atoms with van der Waals surface area (Å²) in [5, 5.41) is 9.04. The molecule has 0 saturated carbocycles. The number of hydrogen-bond donors (Lipinski definition) is 1. The van der Waals surface area contributed by atoms with Crippen LogP contribution in [0, 0.1) is 11.8 Å². The summed E-state index contributed by atoms with van der Waals surface area (Å²) in [4.78, 5) is 2.43. The molecule has 0 spiro atoms. The average Bonchev–Trinajstić information content (AvgIpc) is 3.34. The highest BCUT2D eigenvalue weighted by molar-refractivity contribution is 7.88. The van der Waals surface area contributed by atoms with E-state index in [1.807, 2.05) is 18.2 Å². The Labute approximate surface area is 247 Å². The average molecular weight is 594 g/mol. The van der Waals surface area contributed by atoms with E-state index < -0.39 is 10.0 Å². The van der Waals surface area contributed by atoms with Gasteiger partial charge in [-0.15, -0.1) is 0 Å². The third kappa shape index (κ3) is 6.54. The summed E-state index contributed by atoms with van der Waals surface area (Å²) in [5.74, 6) is 6.59. The van der Waals surface area contributed by atoms with Gasteiger partial charge in [-0.05, 0) is 54.8 Å². The second-order valence-electron chi connectivity index (χ2n) is 11.0. The van der Waals surface area contributed by atoms with E-state index in [-0.39, 0.29) is 0 Å². The van der Waals surface area contributed by atoms with Crippen LogP contribution in [0.25, 0.3) is 11.3 Å². The molecule has 0 unspecified atom stereocenters. The monoisotopic (exact) mass is 593 g/mol. The van der Waals surface area contributed by atoms with Crippen LogP contribution in [0.1, 0.15) is 39.9 Å². The van der Waals surface area contributed by atoms with Gasteiger partial charge in [0.2, 0.25) is 10.0 Å². The highest BCUT2D eigenvalue weighted by Crippen LogP contribution is 2.33. The van der Waals surface area contributed by atoms with Crippen LogP contribution in [0.15, 0.2) is 36.4 Å². The van der Waals surface area contributed by atoms with E-state index in [2.05, 4.69) is 44.9 Å². The highest BCUT2D eigenvalue weighted by Gasteiger charge is 2.30. The van der Waals surface area contributed by atoms with Crippen molar-refractivity contribution in [2.24, 2.45) is 0 Å². The molecule has 6 rings (SSSR count). The maximum atomic E-state index is 12.4. The zero-order valence-electron chi connectivity index (χ0n) is 23.5. The van der Waals surface area contributed by atoms with Gasteiger partial charge in [-0.1, -0.05) is 35.6 Å². The third-order valence-corrected chi connectivity index (χ3v) is 9.77. The van der Waals surface area contributed by atoms with Gasteiger partial charge in [0.25, 0.3) is 0 Å². The molecular formula is C31H36ClN5O3S. The Kier molecular flexibility index (Phi) is 8.50. The number of aryl methyl sites for hydroxylation is 1. The zero-order valence-corrected chi connectivity index (χ0v) is 25.0. The van der Waals surface area contributed by atoms with Crippen molar-refractivity contribution >= 4 is 21.6 Å². The summed E-state index contributed by atoms with van der Waals surface area (Å²) >= 11 is 6.60.